The molecular formula is C26H29ClN4S2. The van der Waals surface area contributed by atoms with Crippen molar-refractivity contribution in [3.8, 4) is 0 Å². The molecule has 4 heterocycles. The minimum Gasteiger partial charge on any atom is -0.370 e. The first-order valence-corrected chi connectivity index (χ1v) is 13.2. The summed E-state index contributed by atoms with van der Waals surface area (Å²) in [5.74, 6) is 1.34. The number of piperidine rings is 1. The lowest BCUT2D eigenvalue weighted by Gasteiger charge is -2.37. The number of benzene rings is 1. The Morgan fingerprint density at radius 3 is 2.55 bits per heavy atom. The van der Waals surface area contributed by atoms with Gasteiger partial charge in [0, 0.05) is 29.9 Å². The van der Waals surface area contributed by atoms with E-state index in [1.54, 1.807) is 11.3 Å². The molecule has 1 aromatic carbocycles. The van der Waals surface area contributed by atoms with E-state index >= 15 is 0 Å². The highest BCUT2D eigenvalue weighted by atomic mass is 35.5. The minimum absolute atomic E-state index is 0.0179. The lowest BCUT2D eigenvalue weighted by Crippen LogP contribution is -2.38. The van der Waals surface area contributed by atoms with Crippen LogP contribution in [-0.4, -0.2) is 23.2 Å². The Morgan fingerprint density at radius 2 is 1.91 bits per heavy atom. The number of halogens is 1. The van der Waals surface area contributed by atoms with Crippen LogP contribution < -0.4 is 15.1 Å². The second-order valence-electron chi connectivity index (χ2n) is 9.45. The molecule has 4 nitrogen and oxygen atoms in total. The fraction of sp³-hybridized carbons (Fsp3) is 0.385. The number of hydrogen-bond donors (Lipinski definition) is 1. The van der Waals surface area contributed by atoms with Gasteiger partial charge in [0.25, 0.3) is 0 Å². The van der Waals surface area contributed by atoms with Crippen LogP contribution in [0.2, 0.25) is 5.02 Å². The number of hydrogen-bond acceptors (Lipinski definition) is 4. The summed E-state index contributed by atoms with van der Waals surface area (Å²) in [4.78, 5) is 10.6. The molecule has 33 heavy (non-hydrogen) atoms. The van der Waals surface area contributed by atoms with E-state index in [-0.39, 0.29) is 12.1 Å². The first-order valence-electron chi connectivity index (χ1n) is 11.5. The highest BCUT2D eigenvalue weighted by Gasteiger charge is 2.42. The van der Waals surface area contributed by atoms with Gasteiger partial charge in [0.1, 0.15) is 0 Å². The third-order valence-corrected chi connectivity index (χ3v) is 8.39. The van der Waals surface area contributed by atoms with Crippen LogP contribution in [0.3, 0.4) is 0 Å². The zero-order valence-electron chi connectivity index (χ0n) is 19.2. The molecule has 4 atom stereocenters. The van der Waals surface area contributed by atoms with Crippen LogP contribution in [-0.2, 0) is 0 Å². The fourth-order valence-electron chi connectivity index (χ4n) is 5.35. The average molecular weight is 497 g/mol. The quantitative estimate of drug-likeness (QED) is 0.403. The fourth-order valence-corrected chi connectivity index (χ4v) is 7.04. The maximum atomic E-state index is 6.90. The second kappa shape index (κ2) is 9.24. The summed E-state index contributed by atoms with van der Waals surface area (Å²) < 4.78 is 0. The highest BCUT2D eigenvalue weighted by Crippen LogP contribution is 2.45. The first kappa shape index (κ1) is 22.6. The monoisotopic (exact) mass is 496 g/mol. The van der Waals surface area contributed by atoms with Gasteiger partial charge in [-0.3, -0.25) is 4.98 Å². The Bertz CT molecular complexity index is 1140. The van der Waals surface area contributed by atoms with Crippen LogP contribution in [0.25, 0.3) is 0 Å². The number of pyridine rings is 1. The van der Waals surface area contributed by atoms with Crippen LogP contribution in [0.4, 0.5) is 11.4 Å². The summed E-state index contributed by atoms with van der Waals surface area (Å²) >= 11 is 14.5. The van der Waals surface area contributed by atoms with Crippen LogP contribution in [0.15, 0.2) is 54.0 Å². The molecule has 2 aromatic heterocycles. The largest absolute Gasteiger partial charge is 0.370 e. The average Bonchev–Trinajstić information content (AvgIpc) is 3.35. The van der Waals surface area contributed by atoms with E-state index in [2.05, 4.69) is 76.6 Å². The molecule has 3 aromatic rings. The zero-order valence-corrected chi connectivity index (χ0v) is 21.6. The predicted molar refractivity (Wildman–Crippen MR) is 144 cm³/mol. The van der Waals surface area contributed by atoms with Crippen molar-refractivity contribution in [2.45, 2.75) is 39.3 Å². The molecule has 2 fully saturated rings. The van der Waals surface area contributed by atoms with Crippen LogP contribution >= 0.6 is 35.2 Å². The van der Waals surface area contributed by atoms with Gasteiger partial charge < -0.3 is 15.1 Å². The van der Waals surface area contributed by atoms with E-state index in [1.165, 1.54) is 16.9 Å². The molecule has 2 saturated heterocycles. The van der Waals surface area contributed by atoms with Gasteiger partial charge in [0.05, 0.1) is 28.5 Å². The van der Waals surface area contributed by atoms with E-state index in [0.717, 1.165) is 35.2 Å². The summed E-state index contributed by atoms with van der Waals surface area (Å²) in [6.07, 6.45) is 3.12. The van der Waals surface area contributed by atoms with Crippen molar-refractivity contribution in [1.82, 2.24) is 10.3 Å². The molecule has 2 aliphatic rings. The van der Waals surface area contributed by atoms with Crippen LogP contribution in [0, 0.1) is 18.8 Å². The van der Waals surface area contributed by atoms with Crippen molar-refractivity contribution >= 4 is 51.6 Å². The van der Waals surface area contributed by atoms with Gasteiger partial charge in [0.2, 0.25) is 0 Å². The minimum atomic E-state index is -0.0294. The number of anilines is 2. The van der Waals surface area contributed by atoms with Gasteiger partial charge in [-0.25, -0.2) is 0 Å². The number of aryl methyl sites for hydroxylation is 1. The third kappa shape index (κ3) is 4.36. The lowest BCUT2D eigenvalue weighted by molar-refractivity contribution is 0.357. The van der Waals surface area contributed by atoms with Gasteiger partial charge in [-0.05, 0) is 84.7 Å². The molecule has 2 aliphatic heterocycles. The van der Waals surface area contributed by atoms with Crippen molar-refractivity contribution < 1.29 is 0 Å². The normalized spacial score (nSPS) is 25.4. The molecule has 0 aliphatic carbocycles. The molecular weight excluding hydrogens is 468 g/mol. The molecule has 0 spiro atoms. The summed E-state index contributed by atoms with van der Waals surface area (Å²) in [6.45, 7) is 8.91. The standard InChI is InChI=1S/C26H29ClN4S2/c1-16-12-17(2)15-30(14-16)22-8-7-19(13-20(22)27)31-24(25-18(3)9-11-33-25)23(29-26(31)32)21-6-4-5-10-28-21/h4-11,13,16-17,23-24H,12,14-15H2,1-3H3,(H,29,32)/t16-,17-,23+,24+/m1/s1. The zero-order chi connectivity index (χ0) is 23.1. The number of rotatable bonds is 4. The van der Waals surface area contributed by atoms with Crippen molar-refractivity contribution in [2.75, 3.05) is 22.9 Å². The number of nitrogens with zero attached hydrogens (tertiary/aromatic N) is 3. The second-order valence-corrected chi connectivity index (χ2v) is 11.2. The van der Waals surface area contributed by atoms with Crippen molar-refractivity contribution in [3.05, 3.63) is 75.2 Å². The molecule has 1 N–H and O–H groups in total. The molecule has 0 amide bonds. The lowest BCUT2D eigenvalue weighted by atomic mass is 9.91. The maximum Gasteiger partial charge on any atom is 0.174 e. The topological polar surface area (TPSA) is 31.4 Å². The Hall–Kier alpha value is -2.15. The number of aromatic nitrogens is 1. The van der Waals surface area contributed by atoms with E-state index < -0.39 is 0 Å². The first-order chi connectivity index (χ1) is 15.9. The van der Waals surface area contributed by atoms with Crippen molar-refractivity contribution in [3.63, 3.8) is 0 Å². The Morgan fingerprint density at radius 1 is 1.12 bits per heavy atom. The van der Waals surface area contributed by atoms with Gasteiger partial charge in [-0.2, -0.15) is 0 Å². The highest BCUT2D eigenvalue weighted by molar-refractivity contribution is 7.80. The molecule has 0 radical (unpaired) electrons. The molecule has 0 bridgehead atoms. The van der Waals surface area contributed by atoms with Crippen LogP contribution in [0.1, 0.15) is 48.5 Å². The molecule has 5 rings (SSSR count). The molecule has 172 valence electrons. The maximum absolute atomic E-state index is 6.90. The van der Waals surface area contributed by atoms with Crippen LogP contribution in [0.5, 0.6) is 0 Å². The third-order valence-electron chi connectivity index (χ3n) is 6.69. The van der Waals surface area contributed by atoms with E-state index in [9.17, 15) is 0 Å². The Balaban J connectivity index is 1.52. The molecule has 7 heteroatoms. The summed E-state index contributed by atoms with van der Waals surface area (Å²) in [5.41, 5.74) is 4.37. The van der Waals surface area contributed by atoms with E-state index in [0.29, 0.717) is 16.9 Å². The Labute approximate surface area is 210 Å². The summed E-state index contributed by atoms with van der Waals surface area (Å²) in [6, 6.07) is 14.6. The van der Waals surface area contributed by atoms with Gasteiger partial charge in [-0.1, -0.05) is 31.5 Å². The van der Waals surface area contributed by atoms with Gasteiger partial charge in [0.15, 0.2) is 5.11 Å². The SMILES string of the molecule is Cc1ccsc1[C@@H]1[C@H](c2ccccn2)NC(=S)N1c1ccc(N2C[C@H](C)C[C@@H](C)C2)c(Cl)c1. The van der Waals surface area contributed by atoms with E-state index in [4.69, 9.17) is 23.8 Å². The number of nitrogens with one attached hydrogen (secondary N) is 1. The smallest absolute Gasteiger partial charge is 0.174 e. The predicted octanol–water partition coefficient (Wildman–Crippen LogP) is 6.76. The van der Waals surface area contributed by atoms with Gasteiger partial charge in [-0.15, -0.1) is 11.3 Å². The Kier molecular flexibility index (Phi) is 6.34. The molecule has 0 saturated carbocycles. The van der Waals surface area contributed by atoms with Crippen molar-refractivity contribution in [2.24, 2.45) is 11.8 Å². The number of thiophene rings is 1. The molecule has 0 unspecified atom stereocenters. The summed E-state index contributed by atoms with van der Waals surface area (Å²) in [5, 5.41) is 7.17. The van der Waals surface area contributed by atoms with Crippen molar-refractivity contribution in [1.29, 1.82) is 0 Å². The number of thiocarbonyl (C=S) groups is 1. The summed E-state index contributed by atoms with van der Waals surface area (Å²) in [7, 11) is 0. The van der Waals surface area contributed by atoms with Gasteiger partial charge >= 0.3 is 0 Å². The van der Waals surface area contributed by atoms with E-state index in [1.807, 2.05) is 18.3 Å².